The van der Waals surface area contributed by atoms with Crippen LogP contribution in [-0.2, 0) is 4.79 Å². The van der Waals surface area contributed by atoms with E-state index in [-0.39, 0.29) is 6.61 Å². The first-order valence-electron chi connectivity index (χ1n) is 4.31. The molecule has 78 valence electrons. The molecule has 0 radical (unpaired) electrons. The van der Waals surface area contributed by atoms with Gasteiger partial charge in [0.2, 0.25) is 5.91 Å². The van der Waals surface area contributed by atoms with Crippen molar-refractivity contribution < 1.29 is 9.90 Å². The number of nitrogens with two attached hydrogens (primary N) is 2. The van der Waals surface area contributed by atoms with Crippen LogP contribution < -0.4 is 11.5 Å². The number of aliphatic hydroxyl groups is 1. The quantitative estimate of drug-likeness (QED) is 0.492. The summed E-state index contributed by atoms with van der Waals surface area (Å²) in [5.74, 6) is 1.56. The SMILES string of the molecule is CC(CO)CSCCC(N)C(N)=O. The minimum atomic E-state index is -0.531. The lowest BCUT2D eigenvalue weighted by molar-refractivity contribution is -0.119. The molecular weight excluding hydrogens is 188 g/mol. The molecule has 0 aliphatic heterocycles. The molecule has 0 aromatic heterocycles. The molecule has 0 heterocycles. The molecule has 4 nitrogen and oxygen atoms in total. The summed E-state index contributed by atoms with van der Waals surface area (Å²) in [7, 11) is 0. The monoisotopic (exact) mass is 206 g/mol. The first-order valence-corrected chi connectivity index (χ1v) is 5.47. The highest BCUT2D eigenvalue weighted by molar-refractivity contribution is 7.99. The number of thioether (sulfide) groups is 1. The van der Waals surface area contributed by atoms with E-state index in [1.54, 1.807) is 11.8 Å². The maximum Gasteiger partial charge on any atom is 0.234 e. The van der Waals surface area contributed by atoms with Crippen LogP contribution in [0.5, 0.6) is 0 Å². The average molecular weight is 206 g/mol. The third-order valence-corrected chi connectivity index (χ3v) is 2.98. The fraction of sp³-hybridized carbons (Fsp3) is 0.875. The van der Waals surface area contributed by atoms with E-state index in [2.05, 4.69) is 0 Å². The van der Waals surface area contributed by atoms with Gasteiger partial charge >= 0.3 is 0 Å². The highest BCUT2D eigenvalue weighted by Crippen LogP contribution is 2.09. The number of rotatable bonds is 7. The van der Waals surface area contributed by atoms with Crippen LogP contribution in [0.15, 0.2) is 0 Å². The molecule has 0 rings (SSSR count). The van der Waals surface area contributed by atoms with Crippen molar-refractivity contribution in [2.24, 2.45) is 17.4 Å². The molecule has 0 saturated heterocycles. The maximum atomic E-state index is 10.5. The smallest absolute Gasteiger partial charge is 0.234 e. The van der Waals surface area contributed by atoms with Crippen LogP contribution in [0.4, 0.5) is 0 Å². The summed E-state index contributed by atoms with van der Waals surface area (Å²) in [4.78, 5) is 10.5. The Bertz CT molecular complexity index is 155. The number of hydrogen-bond acceptors (Lipinski definition) is 4. The molecule has 2 unspecified atom stereocenters. The van der Waals surface area contributed by atoms with Crippen LogP contribution in [0, 0.1) is 5.92 Å². The molecule has 0 bridgehead atoms. The summed E-state index contributed by atoms with van der Waals surface area (Å²) in [6.45, 7) is 2.18. The minimum Gasteiger partial charge on any atom is -0.396 e. The largest absolute Gasteiger partial charge is 0.396 e. The summed E-state index contributed by atoms with van der Waals surface area (Å²) in [5.41, 5.74) is 10.4. The van der Waals surface area contributed by atoms with E-state index in [1.165, 1.54) is 0 Å². The van der Waals surface area contributed by atoms with Gasteiger partial charge in [0.15, 0.2) is 0 Å². The van der Waals surface area contributed by atoms with Gasteiger partial charge in [-0.3, -0.25) is 4.79 Å². The Balaban J connectivity index is 3.30. The lowest BCUT2D eigenvalue weighted by Crippen LogP contribution is -2.36. The Kier molecular flexibility index (Phi) is 7.03. The van der Waals surface area contributed by atoms with Crippen molar-refractivity contribution in [3.63, 3.8) is 0 Å². The summed E-state index contributed by atoms with van der Waals surface area (Å²) >= 11 is 1.68. The van der Waals surface area contributed by atoms with Crippen molar-refractivity contribution in [2.75, 3.05) is 18.1 Å². The predicted molar refractivity (Wildman–Crippen MR) is 55.4 cm³/mol. The van der Waals surface area contributed by atoms with E-state index >= 15 is 0 Å². The highest BCUT2D eigenvalue weighted by Gasteiger charge is 2.08. The minimum absolute atomic E-state index is 0.203. The van der Waals surface area contributed by atoms with E-state index in [0.717, 1.165) is 11.5 Å². The van der Waals surface area contributed by atoms with Gasteiger partial charge in [-0.05, 0) is 23.8 Å². The van der Waals surface area contributed by atoms with E-state index in [1.807, 2.05) is 6.92 Å². The number of amides is 1. The Labute approximate surface area is 83.1 Å². The van der Waals surface area contributed by atoms with Crippen LogP contribution in [0.1, 0.15) is 13.3 Å². The normalized spacial score (nSPS) is 15.3. The second-order valence-corrected chi connectivity index (χ2v) is 4.31. The molecule has 1 amide bonds. The lowest BCUT2D eigenvalue weighted by atomic mass is 10.2. The molecule has 0 aliphatic carbocycles. The zero-order valence-electron chi connectivity index (χ0n) is 7.90. The summed E-state index contributed by atoms with van der Waals surface area (Å²) < 4.78 is 0. The van der Waals surface area contributed by atoms with Gasteiger partial charge in [0.1, 0.15) is 0 Å². The highest BCUT2D eigenvalue weighted by atomic mass is 32.2. The second-order valence-electron chi connectivity index (χ2n) is 3.16. The van der Waals surface area contributed by atoms with Gasteiger partial charge in [-0.2, -0.15) is 11.8 Å². The van der Waals surface area contributed by atoms with Crippen LogP contribution in [0.25, 0.3) is 0 Å². The predicted octanol–water partition coefficient (Wildman–Crippen LogP) is -0.449. The first-order chi connectivity index (χ1) is 6.07. The molecule has 2 atom stereocenters. The fourth-order valence-corrected chi connectivity index (χ4v) is 1.78. The van der Waals surface area contributed by atoms with E-state index < -0.39 is 11.9 Å². The number of aliphatic hydroxyl groups excluding tert-OH is 1. The van der Waals surface area contributed by atoms with Crippen molar-refractivity contribution in [1.29, 1.82) is 0 Å². The number of primary amides is 1. The average Bonchev–Trinajstić information content (AvgIpc) is 2.11. The zero-order chi connectivity index (χ0) is 10.3. The molecular formula is C8H18N2O2S. The molecule has 0 fully saturated rings. The van der Waals surface area contributed by atoms with Crippen molar-refractivity contribution in [1.82, 2.24) is 0 Å². The van der Waals surface area contributed by atoms with Crippen molar-refractivity contribution >= 4 is 17.7 Å². The second kappa shape index (κ2) is 7.17. The molecule has 0 aromatic rings. The Hall–Kier alpha value is -0.260. The number of carbonyl (C=O) groups excluding carboxylic acids is 1. The Morgan fingerprint density at radius 3 is 2.69 bits per heavy atom. The van der Waals surface area contributed by atoms with E-state index in [9.17, 15) is 4.79 Å². The van der Waals surface area contributed by atoms with E-state index in [0.29, 0.717) is 12.3 Å². The first kappa shape index (κ1) is 12.7. The van der Waals surface area contributed by atoms with Crippen molar-refractivity contribution in [3.8, 4) is 0 Å². The Morgan fingerprint density at radius 2 is 2.23 bits per heavy atom. The molecule has 5 heteroatoms. The number of carbonyl (C=O) groups is 1. The van der Waals surface area contributed by atoms with Gasteiger partial charge in [-0.15, -0.1) is 0 Å². The third kappa shape index (κ3) is 6.86. The molecule has 13 heavy (non-hydrogen) atoms. The van der Waals surface area contributed by atoms with Crippen LogP contribution in [-0.4, -0.2) is 35.2 Å². The Morgan fingerprint density at radius 1 is 1.62 bits per heavy atom. The van der Waals surface area contributed by atoms with Gasteiger partial charge < -0.3 is 16.6 Å². The van der Waals surface area contributed by atoms with E-state index in [4.69, 9.17) is 16.6 Å². The third-order valence-electron chi connectivity index (χ3n) is 1.65. The van der Waals surface area contributed by atoms with Gasteiger partial charge in [0, 0.05) is 6.61 Å². The van der Waals surface area contributed by atoms with Crippen LogP contribution >= 0.6 is 11.8 Å². The number of hydrogen-bond donors (Lipinski definition) is 3. The van der Waals surface area contributed by atoms with Crippen molar-refractivity contribution in [3.05, 3.63) is 0 Å². The molecule has 0 aliphatic rings. The summed E-state index contributed by atoms with van der Waals surface area (Å²) in [6, 6.07) is -0.531. The molecule has 0 spiro atoms. The van der Waals surface area contributed by atoms with Gasteiger partial charge in [0.25, 0.3) is 0 Å². The maximum absolute atomic E-state index is 10.5. The summed E-state index contributed by atoms with van der Waals surface area (Å²) in [5, 5.41) is 8.72. The molecule has 0 saturated carbocycles. The standard InChI is InChI=1S/C8H18N2O2S/c1-6(4-11)5-13-3-2-7(9)8(10)12/h6-7,11H,2-5,9H2,1H3,(H2,10,12). The van der Waals surface area contributed by atoms with Crippen molar-refractivity contribution in [2.45, 2.75) is 19.4 Å². The summed E-state index contributed by atoms with van der Waals surface area (Å²) in [6.07, 6.45) is 0.609. The van der Waals surface area contributed by atoms with Crippen LogP contribution in [0.3, 0.4) is 0 Å². The lowest BCUT2D eigenvalue weighted by Gasteiger charge is -2.09. The fourth-order valence-electron chi connectivity index (χ4n) is 0.690. The molecule has 5 N–H and O–H groups in total. The van der Waals surface area contributed by atoms with Crippen LogP contribution in [0.2, 0.25) is 0 Å². The van der Waals surface area contributed by atoms with Gasteiger partial charge in [-0.25, -0.2) is 0 Å². The van der Waals surface area contributed by atoms with Gasteiger partial charge in [-0.1, -0.05) is 6.92 Å². The zero-order valence-corrected chi connectivity index (χ0v) is 8.72. The molecule has 0 aromatic carbocycles. The topological polar surface area (TPSA) is 89.3 Å². The van der Waals surface area contributed by atoms with Gasteiger partial charge in [0.05, 0.1) is 6.04 Å².